The predicted octanol–water partition coefficient (Wildman–Crippen LogP) is 2.69. The van der Waals surface area contributed by atoms with Crippen molar-refractivity contribution in [3.63, 3.8) is 0 Å². The lowest BCUT2D eigenvalue weighted by atomic mass is 10.0. The Bertz CT molecular complexity index is 637. The molecule has 3 rings (SSSR count). The van der Waals surface area contributed by atoms with Gasteiger partial charge in [0.1, 0.15) is 11.5 Å². The van der Waals surface area contributed by atoms with Gasteiger partial charge in [-0.3, -0.25) is 4.79 Å². The quantitative estimate of drug-likeness (QED) is 0.897. The standard InChI is InChI=1S/C15H13NO3/c1-18-13-5-3-2-4-11(13)10-6-7-14-12(8-10)16-15(17)9-19-14/h2-8H,9H2,1H3,(H,16,17). The van der Waals surface area contributed by atoms with Crippen molar-refractivity contribution in [2.24, 2.45) is 0 Å². The molecule has 1 heterocycles. The summed E-state index contributed by atoms with van der Waals surface area (Å²) >= 11 is 0. The van der Waals surface area contributed by atoms with E-state index < -0.39 is 0 Å². The summed E-state index contributed by atoms with van der Waals surface area (Å²) in [6.07, 6.45) is 0. The number of hydrogen-bond acceptors (Lipinski definition) is 3. The SMILES string of the molecule is COc1ccccc1-c1ccc2c(c1)NC(=O)CO2. The van der Waals surface area contributed by atoms with Gasteiger partial charge in [-0.25, -0.2) is 0 Å². The second-order valence-corrected chi connectivity index (χ2v) is 4.25. The Morgan fingerprint density at radius 3 is 2.89 bits per heavy atom. The maximum absolute atomic E-state index is 11.3. The molecule has 19 heavy (non-hydrogen) atoms. The van der Waals surface area contributed by atoms with Gasteiger partial charge in [-0.2, -0.15) is 0 Å². The molecule has 0 atom stereocenters. The first kappa shape index (κ1) is 11.6. The Morgan fingerprint density at radius 2 is 2.05 bits per heavy atom. The molecular weight excluding hydrogens is 242 g/mol. The number of rotatable bonds is 2. The van der Waals surface area contributed by atoms with Crippen molar-refractivity contribution < 1.29 is 14.3 Å². The fourth-order valence-corrected chi connectivity index (χ4v) is 2.13. The molecule has 0 aliphatic carbocycles. The van der Waals surface area contributed by atoms with Crippen molar-refractivity contribution in [1.82, 2.24) is 0 Å². The molecule has 1 N–H and O–H groups in total. The van der Waals surface area contributed by atoms with E-state index in [0.29, 0.717) is 11.4 Å². The molecule has 1 aliphatic rings. The normalized spacial score (nSPS) is 13.2. The van der Waals surface area contributed by atoms with Gasteiger partial charge in [0.25, 0.3) is 5.91 Å². The molecule has 2 aromatic carbocycles. The van der Waals surface area contributed by atoms with Crippen molar-refractivity contribution in [3.05, 3.63) is 42.5 Å². The van der Waals surface area contributed by atoms with E-state index in [4.69, 9.17) is 9.47 Å². The average Bonchev–Trinajstić information content (AvgIpc) is 2.46. The highest BCUT2D eigenvalue weighted by Crippen LogP contribution is 2.36. The average molecular weight is 255 g/mol. The summed E-state index contributed by atoms with van der Waals surface area (Å²) in [6.45, 7) is 0.0704. The van der Waals surface area contributed by atoms with Gasteiger partial charge in [-0.05, 0) is 23.8 Å². The number of ether oxygens (including phenoxy) is 2. The molecule has 0 saturated carbocycles. The monoisotopic (exact) mass is 255 g/mol. The second kappa shape index (κ2) is 4.65. The molecule has 4 nitrogen and oxygen atoms in total. The first-order valence-corrected chi connectivity index (χ1v) is 5.98. The lowest BCUT2D eigenvalue weighted by Crippen LogP contribution is -2.25. The zero-order valence-corrected chi connectivity index (χ0v) is 10.5. The number of carbonyl (C=O) groups excluding carboxylic acids is 1. The minimum atomic E-state index is -0.135. The molecule has 0 bridgehead atoms. The molecule has 1 aliphatic heterocycles. The van der Waals surface area contributed by atoms with Gasteiger partial charge >= 0.3 is 0 Å². The number of para-hydroxylation sites is 1. The number of amides is 1. The fourth-order valence-electron chi connectivity index (χ4n) is 2.13. The van der Waals surface area contributed by atoms with E-state index in [0.717, 1.165) is 16.9 Å². The molecule has 0 fully saturated rings. The van der Waals surface area contributed by atoms with Crippen LogP contribution in [-0.2, 0) is 4.79 Å². The van der Waals surface area contributed by atoms with Crippen LogP contribution in [0.25, 0.3) is 11.1 Å². The number of carbonyl (C=O) groups is 1. The van der Waals surface area contributed by atoms with Crippen molar-refractivity contribution in [3.8, 4) is 22.6 Å². The largest absolute Gasteiger partial charge is 0.496 e. The highest BCUT2D eigenvalue weighted by molar-refractivity contribution is 5.96. The summed E-state index contributed by atoms with van der Waals surface area (Å²) in [4.78, 5) is 11.3. The maximum Gasteiger partial charge on any atom is 0.262 e. The Balaban J connectivity index is 2.06. The molecular formula is C15H13NO3. The van der Waals surface area contributed by atoms with Crippen LogP contribution in [0.3, 0.4) is 0 Å². The highest BCUT2D eigenvalue weighted by Gasteiger charge is 2.17. The van der Waals surface area contributed by atoms with Crippen LogP contribution < -0.4 is 14.8 Å². The van der Waals surface area contributed by atoms with Gasteiger partial charge in [0.15, 0.2) is 6.61 Å². The molecule has 96 valence electrons. The molecule has 2 aromatic rings. The summed E-state index contributed by atoms with van der Waals surface area (Å²) in [7, 11) is 1.64. The van der Waals surface area contributed by atoms with Gasteiger partial charge in [-0.1, -0.05) is 24.3 Å². The first-order valence-electron chi connectivity index (χ1n) is 5.98. The van der Waals surface area contributed by atoms with Crippen LogP contribution in [0.2, 0.25) is 0 Å². The Labute approximate surface area is 111 Å². The van der Waals surface area contributed by atoms with Gasteiger partial charge in [0.2, 0.25) is 0 Å². The van der Waals surface area contributed by atoms with Gasteiger partial charge < -0.3 is 14.8 Å². The number of benzene rings is 2. The van der Waals surface area contributed by atoms with Crippen LogP contribution in [0.1, 0.15) is 0 Å². The summed E-state index contributed by atoms with van der Waals surface area (Å²) < 4.78 is 10.7. The zero-order chi connectivity index (χ0) is 13.2. The van der Waals surface area contributed by atoms with E-state index in [-0.39, 0.29) is 12.5 Å². The van der Waals surface area contributed by atoms with Crippen molar-refractivity contribution >= 4 is 11.6 Å². The molecule has 0 spiro atoms. The third-order valence-electron chi connectivity index (χ3n) is 3.03. The van der Waals surface area contributed by atoms with E-state index in [1.165, 1.54) is 0 Å². The Morgan fingerprint density at radius 1 is 1.21 bits per heavy atom. The first-order chi connectivity index (χ1) is 9.28. The smallest absolute Gasteiger partial charge is 0.262 e. The summed E-state index contributed by atoms with van der Waals surface area (Å²) in [5.74, 6) is 1.36. The number of hydrogen-bond donors (Lipinski definition) is 1. The molecule has 4 heteroatoms. The zero-order valence-electron chi connectivity index (χ0n) is 10.5. The van der Waals surface area contributed by atoms with Crippen LogP contribution in [-0.4, -0.2) is 19.6 Å². The van der Waals surface area contributed by atoms with Gasteiger partial charge in [0.05, 0.1) is 12.8 Å². The molecule has 0 saturated heterocycles. The predicted molar refractivity (Wildman–Crippen MR) is 72.6 cm³/mol. The van der Waals surface area contributed by atoms with E-state index >= 15 is 0 Å². The van der Waals surface area contributed by atoms with Gasteiger partial charge in [-0.15, -0.1) is 0 Å². The van der Waals surface area contributed by atoms with E-state index in [2.05, 4.69) is 5.32 Å². The minimum Gasteiger partial charge on any atom is -0.496 e. The topological polar surface area (TPSA) is 47.6 Å². The number of methoxy groups -OCH3 is 1. The highest BCUT2D eigenvalue weighted by atomic mass is 16.5. The van der Waals surface area contributed by atoms with Crippen molar-refractivity contribution in [1.29, 1.82) is 0 Å². The van der Waals surface area contributed by atoms with Crippen LogP contribution in [0, 0.1) is 0 Å². The summed E-state index contributed by atoms with van der Waals surface area (Å²) in [6, 6.07) is 13.5. The fraction of sp³-hybridized carbons (Fsp3) is 0.133. The maximum atomic E-state index is 11.3. The van der Waals surface area contributed by atoms with E-state index in [1.54, 1.807) is 7.11 Å². The van der Waals surface area contributed by atoms with Crippen molar-refractivity contribution in [2.45, 2.75) is 0 Å². The third kappa shape index (κ3) is 2.12. The lowest BCUT2D eigenvalue weighted by Gasteiger charge is -2.19. The van der Waals surface area contributed by atoms with Crippen LogP contribution >= 0.6 is 0 Å². The van der Waals surface area contributed by atoms with Gasteiger partial charge in [0, 0.05) is 5.56 Å². The van der Waals surface area contributed by atoms with Crippen LogP contribution in [0.15, 0.2) is 42.5 Å². The number of nitrogens with one attached hydrogen (secondary N) is 1. The third-order valence-corrected chi connectivity index (χ3v) is 3.03. The Hall–Kier alpha value is -2.49. The summed E-state index contributed by atoms with van der Waals surface area (Å²) in [5, 5.41) is 2.80. The lowest BCUT2D eigenvalue weighted by molar-refractivity contribution is -0.118. The molecule has 1 amide bonds. The van der Waals surface area contributed by atoms with E-state index in [9.17, 15) is 4.79 Å². The summed E-state index contributed by atoms with van der Waals surface area (Å²) in [5.41, 5.74) is 2.65. The molecule has 0 radical (unpaired) electrons. The minimum absolute atomic E-state index is 0.0704. The van der Waals surface area contributed by atoms with Crippen molar-refractivity contribution in [2.75, 3.05) is 19.0 Å². The number of anilines is 1. The van der Waals surface area contributed by atoms with E-state index in [1.807, 2.05) is 42.5 Å². The van der Waals surface area contributed by atoms with Crippen LogP contribution in [0.4, 0.5) is 5.69 Å². The molecule has 0 aromatic heterocycles. The Kier molecular flexibility index (Phi) is 2.83. The second-order valence-electron chi connectivity index (χ2n) is 4.25. The van der Waals surface area contributed by atoms with Crippen LogP contribution in [0.5, 0.6) is 11.5 Å². The molecule has 0 unspecified atom stereocenters. The number of fused-ring (bicyclic) bond motifs is 1.